The van der Waals surface area contributed by atoms with Crippen molar-refractivity contribution < 1.29 is 13.2 Å². The summed E-state index contributed by atoms with van der Waals surface area (Å²) >= 11 is 1.38. The van der Waals surface area contributed by atoms with Gasteiger partial charge in [-0.1, -0.05) is 53.8 Å². The number of amides is 1. The first-order chi connectivity index (χ1) is 15.3. The Hall–Kier alpha value is -3.10. The molecule has 0 aliphatic carbocycles. The van der Waals surface area contributed by atoms with E-state index >= 15 is 0 Å². The van der Waals surface area contributed by atoms with Gasteiger partial charge in [-0.3, -0.25) is 14.7 Å². The van der Waals surface area contributed by atoms with Crippen LogP contribution in [0.3, 0.4) is 0 Å². The molecule has 4 aromatic rings. The SMILES string of the molecule is Cc1ccc2sc(N(Cc3ccccn3)C(=O)CS(=O)(=O)Cc3ccccc3)nc2c1C. The Morgan fingerprint density at radius 2 is 1.75 bits per heavy atom. The normalized spacial score (nSPS) is 11.6. The van der Waals surface area contributed by atoms with Crippen LogP contribution in [0.15, 0.2) is 66.9 Å². The number of hydrogen-bond donors (Lipinski definition) is 0. The van der Waals surface area contributed by atoms with Crippen LogP contribution >= 0.6 is 11.3 Å². The highest BCUT2D eigenvalue weighted by Crippen LogP contribution is 2.32. The van der Waals surface area contributed by atoms with Gasteiger partial charge in [-0.2, -0.15) is 0 Å². The molecule has 1 amide bonds. The van der Waals surface area contributed by atoms with Gasteiger partial charge in [-0.05, 0) is 48.7 Å². The number of aromatic nitrogens is 2. The molecule has 2 aromatic carbocycles. The van der Waals surface area contributed by atoms with Crippen molar-refractivity contribution in [1.29, 1.82) is 0 Å². The molecule has 0 aliphatic heterocycles. The third kappa shape index (κ3) is 5.03. The highest BCUT2D eigenvalue weighted by atomic mass is 32.2. The number of fused-ring (bicyclic) bond motifs is 1. The number of nitrogens with zero attached hydrogens (tertiary/aromatic N) is 3. The minimum Gasteiger partial charge on any atom is -0.281 e. The smallest absolute Gasteiger partial charge is 0.244 e. The molecule has 0 spiro atoms. The van der Waals surface area contributed by atoms with Crippen LogP contribution in [0.4, 0.5) is 5.13 Å². The van der Waals surface area contributed by atoms with Crippen LogP contribution in [0.5, 0.6) is 0 Å². The number of anilines is 1. The fraction of sp³-hybridized carbons (Fsp3) is 0.208. The Kier molecular flexibility index (Phi) is 6.34. The van der Waals surface area contributed by atoms with E-state index < -0.39 is 21.5 Å². The van der Waals surface area contributed by atoms with Crippen LogP contribution in [0, 0.1) is 13.8 Å². The standard InChI is InChI=1S/C24H23N3O3S2/c1-17-11-12-21-23(18(17)2)26-24(31-21)27(14-20-10-6-7-13-25-20)22(28)16-32(29,30)15-19-8-4-3-5-9-19/h3-13H,14-16H2,1-2H3. The van der Waals surface area contributed by atoms with Gasteiger partial charge >= 0.3 is 0 Å². The van der Waals surface area contributed by atoms with E-state index in [4.69, 9.17) is 4.98 Å². The number of pyridine rings is 1. The summed E-state index contributed by atoms with van der Waals surface area (Å²) in [6, 6.07) is 18.3. The Balaban J connectivity index is 1.66. The van der Waals surface area contributed by atoms with Gasteiger partial charge in [0.2, 0.25) is 5.91 Å². The van der Waals surface area contributed by atoms with E-state index in [1.807, 2.05) is 44.2 Å². The number of carbonyl (C=O) groups is 1. The Labute approximate surface area is 191 Å². The monoisotopic (exact) mass is 465 g/mol. The maximum Gasteiger partial charge on any atom is 0.244 e. The second-order valence-electron chi connectivity index (χ2n) is 7.67. The molecule has 0 fully saturated rings. The molecule has 8 heteroatoms. The summed E-state index contributed by atoms with van der Waals surface area (Å²) in [5.41, 5.74) is 4.31. The molecular formula is C24H23N3O3S2. The van der Waals surface area contributed by atoms with Crippen molar-refractivity contribution in [2.75, 3.05) is 10.7 Å². The molecule has 0 saturated carbocycles. The van der Waals surface area contributed by atoms with Gasteiger partial charge in [-0.25, -0.2) is 13.4 Å². The summed E-state index contributed by atoms with van der Waals surface area (Å²) < 4.78 is 26.5. The van der Waals surface area contributed by atoms with E-state index in [-0.39, 0.29) is 12.3 Å². The van der Waals surface area contributed by atoms with Gasteiger partial charge in [0.1, 0.15) is 5.75 Å². The fourth-order valence-corrected chi connectivity index (χ4v) is 5.77. The summed E-state index contributed by atoms with van der Waals surface area (Å²) in [7, 11) is -3.66. The zero-order valence-corrected chi connectivity index (χ0v) is 19.5. The molecule has 6 nitrogen and oxygen atoms in total. The van der Waals surface area contributed by atoms with E-state index in [1.165, 1.54) is 16.2 Å². The first kappa shape index (κ1) is 22.1. The van der Waals surface area contributed by atoms with Gasteiger partial charge in [0, 0.05) is 6.20 Å². The first-order valence-electron chi connectivity index (χ1n) is 10.1. The lowest BCUT2D eigenvalue weighted by atomic mass is 10.1. The highest BCUT2D eigenvalue weighted by molar-refractivity contribution is 7.91. The van der Waals surface area contributed by atoms with E-state index in [2.05, 4.69) is 4.98 Å². The van der Waals surface area contributed by atoms with Gasteiger partial charge in [0.05, 0.1) is 28.2 Å². The minimum absolute atomic E-state index is 0.151. The van der Waals surface area contributed by atoms with Crippen molar-refractivity contribution in [2.24, 2.45) is 0 Å². The predicted octanol–water partition coefficient (Wildman–Crippen LogP) is 4.46. The van der Waals surface area contributed by atoms with Crippen molar-refractivity contribution >= 4 is 42.4 Å². The Bertz CT molecular complexity index is 1350. The lowest BCUT2D eigenvalue weighted by molar-refractivity contribution is -0.116. The van der Waals surface area contributed by atoms with Gasteiger partial charge in [0.15, 0.2) is 15.0 Å². The quantitative estimate of drug-likeness (QED) is 0.403. The molecule has 4 rings (SSSR count). The molecular weight excluding hydrogens is 442 g/mol. The first-order valence-corrected chi connectivity index (χ1v) is 12.8. The van der Waals surface area contributed by atoms with Crippen LogP contribution in [0.1, 0.15) is 22.4 Å². The van der Waals surface area contributed by atoms with Crippen LogP contribution in [-0.4, -0.2) is 30.0 Å². The molecule has 0 saturated heterocycles. The van der Waals surface area contributed by atoms with Crippen molar-refractivity contribution in [1.82, 2.24) is 9.97 Å². The number of rotatable bonds is 7. The molecule has 0 aliphatic rings. The zero-order valence-electron chi connectivity index (χ0n) is 17.9. The molecule has 0 atom stereocenters. The van der Waals surface area contributed by atoms with Gasteiger partial charge < -0.3 is 0 Å². The lowest BCUT2D eigenvalue weighted by Gasteiger charge is -2.19. The molecule has 0 N–H and O–H groups in total. The number of hydrogen-bond acceptors (Lipinski definition) is 6. The third-order valence-electron chi connectivity index (χ3n) is 5.22. The third-order valence-corrected chi connectivity index (χ3v) is 7.73. The largest absolute Gasteiger partial charge is 0.281 e. The van der Waals surface area contributed by atoms with Crippen molar-refractivity contribution in [2.45, 2.75) is 26.1 Å². The van der Waals surface area contributed by atoms with Crippen LogP contribution < -0.4 is 4.90 Å². The Morgan fingerprint density at radius 1 is 1.00 bits per heavy atom. The molecule has 2 aromatic heterocycles. The van der Waals surface area contributed by atoms with Crippen molar-refractivity contribution in [3.05, 3.63) is 89.2 Å². The number of carbonyl (C=O) groups excluding carboxylic acids is 1. The average Bonchev–Trinajstić information content (AvgIpc) is 3.20. The Morgan fingerprint density at radius 3 is 2.47 bits per heavy atom. The van der Waals surface area contributed by atoms with E-state index in [0.717, 1.165) is 21.3 Å². The molecule has 32 heavy (non-hydrogen) atoms. The summed E-state index contributed by atoms with van der Waals surface area (Å²) in [5.74, 6) is -1.29. The predicted molar refractivity (Wildman–Crippen MR) is 128 cm³/mol. The van der Waals surface area contributed by atoms with Gasteiger partial charge in [-0.15, -0.1) is 0 Å². The second-order valence-corrected chi connectivity index (χ2v) is 10.7. The number of aryl methyl sites for hydroxylation is 2. The number of thiazole rings is 1. The average molecular weight is 466 g/mol. The van der Waals surface area contributed by atoms with Crippen LogP contribution in [0.25, 0.3) is 10.2 Å². The van der Waals surface area contributed by atoms with E-state index in [9.17, 15) is 13.2 Å². The topological polar surface area (TPSA) is 80.2 Å². The lowest BCUT2D eigenvalue weighted by Crippen LogP contribution is -2.36. The molecule has 2 heterocycles. The molecule has 164 valence electrons. The summed E-state index contributed by atoms with van der Waals surface area (Å²) in [5, 5.41) is 0.472. The summed E-state index contributed by atoms with van der Waals surface area (Å²) in [6.45, 7) is 4.16. The zero-order chi connectivity index (χ0) is 22.7. The summed E-state index contributed by atoms with van der Waals surface area (Å²) in [6.07, 6.45) is 1.65. The minimum atomic E-state index is -3.66. The van der Waals surface area contributed by atoms with Crippen LogP contribution in [0.2, 0.25) is 0 Å². The van der Waals surface area contributed by atoms with Crippen molar-refractivity contribution in [3.8, 4) is 0 Å². The second kappa shape index (κ2) is 9.18. The molecule has 0 bridgehead atoms. The van der Waals surface area contributed by atoms with Crippen LogP contribution in [-0.2, 0) is 26.9 Å². The van der Waals surface area contributed by atoms with E-state index in [0.29, 0.717) is 16.4 Å². The molecule has 0 radical (unpaired) electrons. The van der Waals surface area contributed by atoms with Gasteiger partial charge in [0.25, 0.3) is 0 Å². The fourth-order valence-electron chi connectivity index (χ4n) is 3.39. The highest BCUT2D eigenvalue weighted by Gasteiger charge is 2.26. The maximum absolute atomic E-state index is 13.3. The molecule has 0 unspecified atom stereocenters. The number of benzene rings is 2. The summed E-state index contributed by atoms with van der Waals surface area (Å²) in [4.78, 5) is 23.7. The van der Waals surface area contributed by atoms with Crippen molar-refractivity contribution in [3.63, 3.8) is 0 Å². The maximum atomic E-state index is 13.3. The number of sulfone groups is 1. The van der Waals surface area contributed by atoms with E-state index in [1.54, 1.807) is 36.5 Å².